The summed E-state index contributed by atoms with van der Waals surface area (Å²) in [6.07, 6.45) is 1.08. The molecule has 1 saturated heterocycles. The summed E-state index contributed by atoms with van der Waals surface area (Å²) in [7, 11) is 1.30. The molecule has 0 unspecified atom stereocenters. The molecule has 8 heteroatoms. The summed E-state index contributed by atoms with van der Waals surface area (Å²) in [6.45, 7) is -0.953. The SMILES string of the molecule is COc1ccc(C(=O)N2CCC[C@H](C(=O)O)[C@@H]2C)cc1OC(F)F. The average Bonchev–Trinajstić information content (AvgIpc) is 2.53. The van der Waals surface area contributed by atoms with Gasteiger partial charge in [-0.1, -0.05) is 0 Å². The number of methoxy groups -OCH3 is 1. The number of carbonyl (C=O) groups excluding carboxylic acids is 1. The molecule has 1 heterocycles. The number of likely N-dealkylation sites (tertiary alicyclic amines) is 1. The van der Waals surface area contributed by atoms with E-state index >= 15 is 0 Å². The predicted molar refractivity (Wildman–Crippen MR) is 80.5 cm³/mol. The zero-order valence-electron chi connectivity index (χ0n) is 13.4. The first kappa shape index (κ1) is 18.0. The minimum Gasteiger partial charge on any atom is -0.493 e. The number of carboxylic acid groups (broad SMARTS) is 1. The van der Waals surface area contributed by atoms with Crippen LogP contribution in [0.15, 0.2) is 18.2 Å². The van der Waals surface area contributed by atoms with E-state index in [9.17, 15) is 23.5 Å². The molecule has 24 heavy (non-hydrogen) atoms. The van der Waals surface area contributed by atoms with Gasteiger partial charge in [0.2, 0.25) is 0 Å². The lowest BCUT2D eigenvalue weighted by Crippen LogP contribution is -2.49. The summed E-state index contributed by atoms with van der Waals surface area (Å²) in [5.74, 6) is -2.16. The zero-order chi connectivity index (χ0) is 17.9. The van der Waals surface area contributed by atoms with Gasteiger partial charge in [0.15, 0.2) is 11.5 Å². The Morgan fingerprint density at radius 2 is 2.04 bits per heavy atom. The van der Waals surface area contributed by atoms with Gasteiger partial charge in [-0.25, -0.2) is 0 Å². The van der Waals surface area contributed by atoms with Crippen LogP contribution in [-0.4, -0.2) is 48.2 Å². The van der Waals surface area contributed by atoms with Crippen LogP contribution in [0, 0.1) is 5.92 Å². The Morgan fingerprint density at radius 1 is 1.33 bits per heavy atom. The molecule has 0 saturated carbocycles. The molecular formula is C16H19F2NO5. The second kappa shape index (κ2) is 7.46. The van der Waals surface area contributed by atoms with Gasteiger partial charge in [-0.2, -0.15) is 8.78 Å². The van der Waals surface area contributed by atoms with Gasteiger partial charge in [0.05, 0.1) is 13.0 Å². The van der Waals surface area contributed by atoms with Crippen molar-refractivity contribution in [3.8, 4) is 11.5 Å². The van der Waals surface area contributed by atoms with Crippen LogP contribution < -0.4 is 9.47 Å². The van der Waals surface area contributed by atoms with Crippen molar-refractivity contribution >= 4 is 11.9 Å². The molecule has 0 aliphatic carbocycles. The van der Waals surface area contributed by atoms with E-state index < -0.39 is 30.4 Å². The van der Waals surface area contributed by atoms with Crippen LogP contribution in [0.1, 0.15) is 30.1 Å². The maximum absolute atomic E-state index is 12.7. The van der Waals surface area contributed by atoms with E-state index in [0.29, 0.717) is 19.4 Å². The molecule has 2 atom stereocenters. The molecule has 0 radical (unpaired) electrons. The van der Waals surface area contributed by atoms with E-state index in [4.69, 9.17) is 4.74 Å². The standard InChI is InChI=1S/C16H19F2NO5/c1-9-11(15(21)22)4-3-7-19(9)14(20)10-5-6-12(23-2)13(8-10)24-16(17)18/h5-6,8-9,11,16H,3-4,7H2,1-2H3,(H,21,22)/t9-,11-/m0/s1. The lowest BCUT2D eigenvalue weighted by molar-refractivity contribution is -0.145. The molecule has 1 fully saturated rings. The van der Waals surface area contributed by atoms with Crippen LogP contribution in [0.3, 0.4) is 0 Å². The van der Waals surface area contributed by atoms with Crippen LogP contribution in [0.25, 0.3) is 0 Å². The first-order valence-electron chi connectivity index (χ1n) is 7.51. The maximum atomic E-state index is 12.7. The molecule has 0 bridgehead atoms. The second-order valence-electron chi connectivity index (χ2n) is 5.57. The fourth-order valence-corrected chi connectivity index (χ4v) is 2.92. The largest absolute Gasteiger partial charge is 0.493 e. The van der Waals surface area contributed by atoms with Crippen LogP contribution in [0.4, 0.5) is 8.78 Å². The fourth-order valence-electron chi connectivity index (χ4n) is 2.92. The van der Waals surface area contributed by atoms with Gasteiger partial charge in [0.25, 0.3) is 5.91 Å². The summed E-state index contributed by atoms with van der Waals surface area (Å²) in [6, 6.07) is 3.51. The lowest BCUT2D eigenvalue weighted by Gasteiger charge is -2.37. The number of amides is 1. The van der Waals surface area contributed by atoms with Crippen molar-refractivity contribution in [3.05, 3.63) is 23.8 Å². The number of nitrogens with zero attached hydrogens (tertiary/aromatic N) is 1. The quantitative estimate of drug-likeness (QED) is 0.889. The first-order valence-corrected chi connectivity index (χ1v) is 7.51. The number of halogens is 2. The molecule has 1 aliphatic rings. The number of hydrogen-bond acceptors (Lipinski definition) is 4. The molecule has 1 aromatic carbocycles. The van der Waals surface area contributed by atoms with Gasteiger partial charge < -0.3 is 19.5 Å². The third-order valence-electron chi connectivity index (χ3n) is 4.19. The van der Waals surface area contributed by atoms with Crippen molar-refractivity contribution in [2.75, 3.05) is 13.7 Å². The van der Waals surface area contributed by atoms with E-state index in [2.05, 4.69) is 4.74 Å². The Kier molecular flexibility index (Phi) is 5.58. The van der Waals surface area contributed by atoms with Gasteiger partial charge in [-0.3, -0.25) is 9.59 Å². The smallest absolute Gasteiger partial charge is 0.387 e. The van der Waals surface area contributed by atoms with Gasteiger partial charge in [0.1, 0.15) is 0 Å². The average molecular weight is 343 g/mol. The molecule has 1 aromatic rings. The van der Waals surface area contributed by atoms with Crippen LogP contribution in [-0.2, 0) is 4.79 Å². The molecule has 6 nitrogen and oxygen atoms in total. The minimum atomic E-state index is -3.05. The molecule has 1 amide bonds. The van der Waals surface area contributed by atoms with Crippen LogP contribution >= 0.6 is 0 Å². The number of carbonyl (C=O) groups is 2. The molecular weight excluding hydrogens is 324 g/mol. The van der Waals surface area contributed by atoms with Crippen molar-refractivity contribution < 1.29 is 33.0 Å². The number of carboxylic acids is 1. The normalized spacial score (nSPS) is 20.8. The summed E-state index contributed by atoms with van der Waals surface area (Å²) in [4.78, 5) is 25.4. The van der Waals surface area contributed by atoms with Crippen molar-refractivity contribution in [1.82, 2.24) is 4.90 Å². The van der Waals surface area contributed by atoms with Gasteiger partial charge in [-0.05, 0) is 38.0 Å². The van der Waals surface area contributed by atoms with Crippen molar-refractivity contribution in [1.29, 1.82) is 0 Å². The Bertz CT molecular complexity index is 622. The number of alkyl halides is 2. The van der Waals surface area contributed by atoms with E-state index in [1.165, 1.54) is 30.2 Å². The first-order chi connectivity index (χ1) is 11.3. The Hall–Kier alpha value is -2.38. The topological polar surface area (TPSA) is 76.1 Å². The van der Waals surface area contributed by atoms with Gasteiger partial charge in [0, 0.05) is 18.2 Å². The Balaban J connectivity index is 2.27. The summed E-state index contributed by atoms with van der Waals surface area (Å²) >= 11 is 0. The Labute approximate surface area is 138 Å². The third kappa shape index (κ3) is 3.74. The van der Waals surface area contributed by atoms with Crippen molar-refractivity contribution in [3.63, 3.8) is 0 Å². The Morgan fingerprint density at radius 3 is 2.62 bits per heavy atom. The van der Waals surface area contributed by atoms with E-state index in [1.807, 2.05) is 0 Å². The van der Waals surface area contributed by atoms with E-state index in [1.54, 1.807) is 6.92 Å². The van der Waals surface area contributed by atoms with E-state index in [0.717, 1.165) is 0 Å². The van der Waals surface area contributed by atoms with Crippen molar-refractivity contribution in [2.45, 2.75) is 32.4 Å². The monoisotopic (exact) mass is 343 g/mol. The number of benzene rings is 1. The number of rotatable bonds is 5. The fraction of sp³-hybridized carbons (Fsp3) is 0.500. The number of ether oxygens (including phenoxy) is 2. The molecule has 1 N–H and O–H groups in total. The summed E-state index contributed by atoms with van der Waals surface area (Å²) in [5.41, 5.74) is 0.143. The molecule has 0 aromatic heterocycles. The number of piperidine rings is 1. The second-order valence-corrected chi connectivity index (χ2v) is 5.57. The molecule has 2 rings (SSSR count). The van der Waals surface area contributed by atoms with Gasteiger partial charge >= 0.3 is 12.6 Å². The lowest BCUT2D eigenvalue weighted by atomic mass is 9.90. The van der Waals surface area contributed by atoms with Gasteiger partial charge in [-0.15, -0.1) is 0 Å². The molecule has 1 aliphatic heterocycles. The highest BCUT2D eigenvalue weighted by Gasteiger charge is 2.35. The minimum absolute atomic E-state index is 0.0851. The molecule has 132 valence electrons. The molecule has 0 spiro atoms. The summed E-state index contributed by atoms with van der Waals surface area (Å²) < 4.78 is 34.3. The van der Waals surface area contributed by atoms with Crippen molar-refractivity contribution in [2.24, 2.45) is 5.92 Å². The zero-order valence-corrected chi connectivity index (χ0v) is 13.4. The summed E-state index contributed by atoms with van der Waals surface area (Å²) in [5, 5.41) is 9.23. The van der Waals surface area contributed by atoms with Crippen LogP contribution in [0.2, 0.25) is 0 Å². The number of hydrogen-bond donors (Lipinski definition) is 1. The maximum Gasteiger partial charge on any atom is 0.387 e. The highest BCUT2D eigenvalue weighted by Crippen LogP contribution is 2.31. The third-order valence-corrected chi connectivity index (χ3v) is 4.19. The predicted octanol–water partition coefficient (Wildman–Crippen LogP) is 2.62. The number of aliphatic carboxylic acids is 1. The highest BCUT2D eigenvalue weighted by molar-refractivity contribution is 5.95. The highest BCUT2D eigenvalue weighted by atomic mass is 19.3. The van der Waals surface area contributed by atoms with Crippen LogP contribution in [0.5, 0.6) is 11.5 Å². The van der Waals surface area contributed by atoms with E-state index in [-0.39, 0.29) is 17.1 Å².